The summed E-state index contributed by atoms with van der Waals surface area (Å²) in [7, 11) is 0. The van der Waals surface area contributed by atoms with Crippen molar-refractivity contribution in [3.8, 4) is 11.5 Å². The topological polar surface area (TPSA) is 81.8 Å². The normalized spacial score (nSPS) is 16.7. The minimum atomic E-state index is -0.815. The predicted molar refractivity (Wildman–Crippen MR) is 58.9 cm³/mol. The molecular weight excluding hydrogens is 234 g/mol. The van der Waals surface area contributed by atoms with Crippen LogP contribution < -0.4 is 15.2 Å². The van der Waals surface area contributed by atoms with Gasteiger partial charge in [-0.2, -0.15) is 0 Å². The molecule has 1 aromatic carbocycles. The summed E-state index contributed by atoms with van der Waals surface area (Å²) in [4.78, 5) is 10.4. The molecule has 1 aliphatic heterocycles. The number of carboxylic acid groups (broad SMARTS) is 1. The van der Waals surface area contributed by atoms with Gasteiger partial charge in [-0.25, -0.2) is 0 Å². The quantitative estimate of drug-likeness (QED) is 0.835. The summed E-state index contributed by atoms with van der Waals surface area (Å²) < 4.78 is 10.3. The number of hydrogen-bond acceptors (Lipinski definition) is 4. The minimum absolute atomic E-state index is 0. The molecule has 1 aliphatic rings. The largest absolute Gasteiger partial charge is 0.481 e. The van der Waals surface area contributed by atoms with E-state index in [1.807, 2.05) is 6.07 Å². The van der Waals surface area contributed by atoms with Gasteiger partial charge in [0.15, 0.2) is 11.5 Å². The predicted octanol–water partition coefficient (Wildman–Crippen LogP) is 1.14. The van der Waals surface area contributed by atoms with Crippen LogP contribution in [0.5, 0.6) is 11.5 Å². The van der Waals surface area contributed by atoms with Crippen molar-refractivity contribution in [1.82, 2.24) is 0 Å². The summed E-state index contributed by atoms with van der Waals surface area (Å²) in [5.74, 6) is 0.358. The number of aryl methyl sites for hydroxylation is 1. The first-order chi connectivity index (χ1) is 7.15. The molecule has 88 valence electrons. The maximum Gasteiger partial charge on any atom is 0.303 e. The van der Waals surface area contributed by atoms with Gasteiger partial charge in [0.25, 0.3) is 6.41 Å². The molecule has 0 radical (unpaired) electrons. The first-order valence-electron chi connectivity index (χ1n) is 4.59. The van der Waals surface area contributed by atoms with Gasteiger partial charge in [0.1, 0.15) is 0 Å². The summed E-state index contributed by atoms with van der Waals surface area (Å²) in [6.45, 7) is 0. The Kier molecular flexibility index (Phi) is 3.98. The highest BCUT2D eigenvalue weighted by Crippen LogP contribution is 2.34. The van der Waals surface area contributed by atoms with Gasteiger partial charge in [-0.05, 0) is 24.1 Å². The zero-order valence-corrected chi connectivity index (χ0v) is 9.20. The highest BCUT2D eigenvalue weighted by Gasteiger charge is 2.20. The maximum atomic E-state index is 10.4. The molecule has 1 heterocycles. The molecule has 16 heavy (non-hydrogen) atoms. The van der Waals surface area contributed by atoms with E-state index in [1.165, 1.54) is 0 Å². The Hall–Kier alpha value is -1.46. The van der Waals surface area contributed by atoms with Crippen LogP contribution in [0.15, 0.2) is 18.2 Å². The van der Waals surface area contributed by atoms with Crippen molar-refractivity contribution in [3.05, 3.63) is 23.8 Å². The van der Waals surface area contributed by atoms with E-state index < -0.39 is 12.4 Å². The lowest BCUT2D eigenvalue weighted by Crippen LogP contribution is -2.28. The fraction of sp³-hybridized carbons (Fsp3) is 0.300. The third-order valence-electron chi connectivity index (χ3n) is 2.12. The maximum absolute atomic E-state index is 10.4. The van der Waals surface area contributed by atoms with Gasteiger partial charge in [-0.3, -0.25) is 10.5 Å². The highest BCUT2D eigenvalue weighted by atomic mass is 35.5. The standard InChI is InChI=1S/C10H11NO4.ClH/c11-10-14-7-3-1-6(2-4-9(12)13)5-8(7)15-10;/h1,3,5,10H,2,4,11H2,(H,12,13);1H. The van der Waals surface area contributed by atoms with Gasteiger partial charge in [0, 0.05) is 6.42 Å². The van der Waals surface area contributed by atoms with Crippen LogP contribution in [0.1, 0.15) is 12.0 Å². The van der Waals surface area contributed by atoms with Crippen LogP contribution in [0, 0.1) is 0 Å². The third kappa shape index (κ3) is 2.77. The fourth-order valence-electron chi connectivity index (χ4n) is 1.42. The molecule has 1 unspecified atom stereocenters. The molecule has 0 aromatic heterocycles. The first-order valence-corrected chi connectivity index (χ1v) is 4.59. The van der Waals surface area contributed by atoms with Gasteiger partial charge >= 0.3 is 5.97 Å². The number of nitrogens with two attached hydrogens (primary N) is 1. The molecule has 3 N–H and O–H groups in total. The van der Waals surface area contributed by atoms with E-state index in [0.29, 0.717) is 17.9 Å². The van der Waals surface area contributed by atoms with Crippen molar-refractivity contribution >= 4 is 18.4 Å². The molecule has 0 amide bonds. The number of halogens is 1. The van der Waals surface area contributed by atoms with E-state index in [-0.39, 0.29) is 18.8 Å². The second kappa shape index (κ2) is 5.05. The number of aliphatic carboxylic acids is 1. The lowest BCUT2D eigenvalue weighted by Gasteiger charge is -2.00. The molecule has 6 heteroatoms. The molecule has 0 spiro atoms. The second-order valence-electron chi connectivity index (χ2n) is 3.28. The van der Waals surface area contributed by atoms with Crippen LogP contribution >= 0.6 is 12.4 Å². The monoisotopic (exact) mass is 245 g/mol. The van der Waals surface area contributed by atoms with Crippen LogP contribution in [-0.2, 0) is 11.2 Å². The molecule has 0 fully saturated rings. The van der Waals surface area contributed by atoms with E-state index in [4.69, 9.17) is 20.3 Å². The Balaban J connectivity index is 0.00000128. The van der Waals surface area contributed by atoms with Gasteiger partial charge in [-0.15, -0.1) is 12.4 Å². The molecule has 1 aromatic rings. The Labute approximate surface area is 98.6 Å². The molecule has 0 aliphatic carbocycles. The van der Waals surface area contributed by atoms with Gasteiger partial charge in [-0.1, -0.05) is 6.07 Å². The Morgan fingerprint density at radius 2 is 2.06 bits per heavy atom. The molecular formula is C10H12ClNO4. The average molecular weight is 246 g/mol. The van der Waals surface area contributed by atoms with E-state index >= 15 is 0 Å². The van der Waals surface area contributed by atoms with Crippen molar-refractivity contribution in [2.24, 2.45) is 5.73 Å². The van der Waals surface area contributed by atoms with Crippen molar-refractivity contribution in [3.63, 3.8) is 0 Å². The number of benzene rings is 1. The SMILES string of the molecule is Cl.NC1Oc2ccc(CCC(=O)O)cc2O1. The third-order valence-corrected chi connectivity index (χ3v) is 2.12. The Morgan fingerprint density at radius 3 is 2.75 bits per heavy atom. The van der Waals surface area contributed by atoms with Crippen molar-refractivity contribution < 1.29 is 19.4 Å². The van der Waals surface area contributed by atoms with Crippen LogP contribution in [0.4, 0.5) is 0 Å². The zero-order chi connectivity index (χ0) is 10.8. The van der Waals surface area contributed by atoms with Crippen molar-refractivity contribution in [1.29, 1.82) is 0 Å². The van der Waals surface area contributed by atoms with Crippen molar-refractivity contribution in [2.45, 2.75) is 19.3 Å². The average Bonchev–Trinajstić information content (AvgIpc) is 2.53. The summed E-state index contributed by atoms with van der Waals surface area (Å²) in [5, 5.41) is 8.53. The fourth-order valence-corrected chi connectivity index (χ4v) is 1.42. The lowest BCUT2D eigenvalue weighted by molar-refractivity contribution is -0.136. The molecule has 0 saturated heterocycles. The summed E-state index contributed by atoms with van der Waals surface area (Å²) in [6, 6.07) is 5.30. The molecule has 0 bridgehead atoms. The Bertz CT molecular complexity index is 396. The molecule has 2 rings (SSSR count). The summed E-state index contributed by atoms with van der Waals surface area (Å²) >= 11 is 0. The van der Waals surface area contributed by atoms with Gasteiger partial charge in [0.05, 0.1) is 0 Å². The molecule has 5 nitrogen and oxygen atoms in total. The van der Waals surface area contributed by atoms with E-state index in [1.54, 1.807) is 12.1 Å². The number of carbonyl (C=O) groups is 1. The van der Waals surface area contributed by atoms with E-state index in [2.05, 4.69) is 0 Å². The first kappa shape index (κ1) is 12.6. The second-order valence-corrected chi connectivity index (χ2v) is 3.28. The Morgan fingerprint density at radius 1 is 1.38 bits per heavy atom. The van der Waals surface area contributed by atoms with Crippen LogP contribution in [-0.4, -0.2) is 17.5 Å². The van der Waals surface area contributed by atoms with Gasteiger partial charge < -0.3 is 14.6 Å². The molecule has 1 atom stereocenters. The smallest absolute Gasteiger partial charge is 0.303 e. The number of hydrogen-bond donors (Lipinski definition) is 2. The van der Waals surface area contributed by atoms with E-state index in [0.717, 1.165) is 5.56 Å². The van der Waals surface area contributed by atoms with Crippen LogP contribution in [0.2, 0.25) is 0 Å². The number of rotatable bonds is 3. The number of carboxylic acids is 1. The molecule has 0 saturated carbocycles. The zero-order valence-electron chi connectivity index (χ0n) is 8.38. The van der Waals surface area contributed by atoms with Gasteiger partial charge in [0.2, 0.25) is 0 Å². The summed E-state index contributed by atoms with van der Waals surface area (Å²) in [5.41, 5.74) is 6.32. The van der Waals surface area contributed by atoms with Crippen LogP contribution in [0.3, 0.4) is 0 Å². The van der Waals surface area contributed by atoms with E-state index in [9.17, 15) is 4.79 Å². The lowest BCUT2D eigenvalue weighted by atomic mass is 10.1. The highest BCUT2D eigenvalue weighted by molar-refractivity contribution is 5.85. The number of ether oxygens (including phenoxy) is 2. The summed E-state index contributed by atoms with van der Waals surface area (Å²) in [6.07, 6.45) is -0.179. The van der Waals surface area contributed by atoms with Crippen LogP contribution in [0.25, 0.3) is 0 Å². The minimum Gasteiger partial charge on any atom is -0.481 e. The van der Waals surface area contributed by atoms with Crippen molar-refractivity contribution in [2.75, 3.05) is 0 Å². The number of fused-ring (bicyclic) bond motifs is 1.